The largest absolute Gasteiger partial charge is 0.492 e. The zero-order valence-corrected chi connectivity index (χ0v) is 11.9. The zero-order valence-electron chi connectivity index (χ0n) is 11.2. The molecule has 2 rings (SSSR count). The zero-order chi connectivity index (χ0) is 13.8. The number of aryl methyl sites for hydroxylation is 1. The first-order valence-corrected chi connectivity index (χ1v) is 6.61. The van der Waals surface area contributed by atoms with Gasteiger partial charge >= 0.3 is 0 Å². The van der Waals surface area contributed by atoms with Crippen LogP contribution in [0.5, 0.6) is 5.75 Å². The van der Waals surface area contributed by atoms with E-state index < -0.39 is 0 Å². The molecule has 0 aliphatic heterocycles. The number of halogens is 1. The standard InChI is InChI=1S/C14H18ClN3O/c1-10-14(15)11(2)18(17-10)7-8-19-13-5-3-12(9-16)4-6-13/h3-6H,7-9,16H2,1-2H3. The number of aromatic nitrogens is 2. The van der Waals surface area contributed by atoms with E-state index >= 15 is 0 Å². The quantitative estimate of drug-likeness (QED) is 0.915. The van der Waals surface area contributed by atoms with Gasteiger partial charge < -0.3 is 10.5 Å². The molecule has 0 saturated carbocycles. The molecule has 102 valence electrons. The van der Waals surface area contributed by atoms with Gasteiger partial charge in [-0.2, -0.15) is 5.10 Å². The van der Waals surface area contributed by atoms with Crippen LogP contribution in [0.4, 0.5) is 0 Å². The van der Waals surface area contributed by atoms with Crippen molar-refractivity contribution >= 4 is 11.6 Å². The van der Waals surface area contributed by atoms with Gasteiger partial charge in [-0.3, -0.25) is 4.68 Å². The lowest BCUT2D eigenvalue weighted by atomic mass is 10.2. The molecule has 5 heteroatoms. The lowest BCUT2D eigenvalue weighted by molar-refractivity contribution is 0.289. The minimum atomic E-state index is 0.546. The molecule has 0 atom stereocenters. The van der Waals surface area contributed by atoms with Crippen LogP contribution in [-0.2, 0) is 13.1 Å². The van der Waals surface area contributed by atoms with Crippen molar-refractivity contribution in [3.63, 3.8) is 0 Å². The third-order valence-corrected chi connectivity index (χ3v) is 3.57. The van der Waals surface area contributed by atoms with Gasteiger partial charge in [-0.25, -0.2) is 0 Å². The molecule has 0 aliphatic carbocycles. The first-order chi connectivity index (χ1) is 9.11. The summed E-state index contributed by atoms with van der Waals surface area (Å²) in [6.45, 7) is 5.64. The summed E-state index contributed by atoms with van der Waals surface area (Å²) >= 11 is 6.09. The number of hydrogen-bond acceptors (Lipinski definition) is 3. The van der Waals surface area contributed by atoms with Gasteiger partial charge in [-0.1, -0.05) is 23.7 Å². The average molecular weight is 280 g/mol. The molecular formula is C14H18ClN3O. The number of ether oxygens (including phenoxy) is 1. The van der Waals surface area contributed by atoms with E-state index in [1.54, 1.807) is 0 Å². The van der Waals surface area contributed by atoms with Gasteiger partial charge in [0.1, 0.15) is 12.4 Å². The van der Waals surface area contributed by atoms with Gasteiger partial charge in [0.2, 0.25) is 0 Å². The van der Waals surface area contributed by atoms with Gasteiger partial charge in [0.05, 0.1) is 23.0 Å². The predicted octanol–water partition coefficient (Wildman–Crippen LogP) is 2.69. The molecule has 0 saturated heterocycles. The minimum Gasteiger partial charge on any atom is -0.492 e. The van der Waals surface area contributed by atoms with Gasteiger partial charge in [-0.05, 0) is 31.5 Å². The van der Waals surface area contributed by atoms with Crippen molar-refractivity contribution in [3.05, 3.63) is 46.2 Å². The summed E-state index contributed by atoms with van der Waals surface area (Å²) in [4.78, 5) is 0. The molecule has 1 aromatic carbocycles. The van der Waals surface area contributed by atoms with Crippen molar-refractivity contribution in [3.8, 4) is 5.75 Å². The van der Waals surface area contributed by atoms with Crippen LogP contribution >= 0.6 is 11.6 Å². The third-order valence-electron chi connectivity index (χ3n) is 3.02. The Hall–Kier alpha value is -1.52. The van der Waals surface area contributed by atoms with Crippen molar-refractivity contribution in [1.82, 2.24) is 9.78 Å². The molecule has 0 radical (unpaired) electrons. The number of nitrogens with zero attached hydrogens (tertiary/aromatic N) is 2. The maximum absolute atomic E-state index is 6.09. The van der Waals surface area contributed by atoms with Crippen LogP contribution in [0.1, 0.15) is 17.0 Å². The lowest BCUT2D eigenvalue weighted by Crippen LogP contribution is -2.11. The maximum atomic E-state index is 6.09. The second-order valence-electron chi connectivity index (χ2n) is 4.40. The Labute approximate surface area is 118 Å². The van der Waals surface area contributed by atoms with Crippen molar-refractivity contribution in [2.24, 2.45) is 5.73 Å². The van der Waals surface area contributed by atoms with Gasteiger partial charge in [0.15, 0.2) is 0 Å². The number of hydrogen-bond donors (Lipinski definition) is 1. The molecule has 0 bridgehead atoms. The molecule has 4 nitrogen and oxygen atoms in total. The summed E-state index contributed by atoms with van der Waals surface area (Å²) in [6, 6.07) is 7.79. The van der Waals surface area contributed by atoms with Crippen LogP contribution in [0, 0.1) is 13.8 Å². The maximum Gasteiger partial charge on any atom is 0.119 e. The molecule has 19 heavy (non-hydrogen) atoms. The van der Waals surface area contributed by atoms with Crippen LogP contribution in [0.2, 0.25) is 5.02 Å². The molecule has 2 aromatic rings. The summed E-state index contributed by atoms with van der Waals surface area (Å²) in [5.41, 5.74) is 8.47. The van der Waals surface area contributed by atoms with Crippen molar-refractivity contribution in [1.29, 1.82) is 0 Å². The molecule has 0 amide bonds. The number of nitrogens with two attached hydrogens (primary N) is 1. The topological polar surface area (TPSA) is 53.1 Å². The van der Waals surface area contributed by atoms with E-state index in [1.807, 2.05) is 42.8 Å². The molecule has 0 unspecified atom stereocenters. The number of rotatable bonds is 5. The fraction of sp³-hybridized carbons (Fsp3) is 0.357. The first-order valence-electron chi connectivity index (χ1n) is 6.23. The van der Waals surface area contributed by atoms with Crippen molar-refractivity contribution in [2.45, 2.75) is 26.9 Å². The van der Waals surface area contributed by atoms with Crippen LogP contribution in [0.15, 0.2) is 24.3 Å². The molecular weight excluding hydrogens is 262 g/mol. The Bertz CT molecular complexity index is 549. The van der Waals surface area contributed by atoms with E-state index in [0.29, 0.717) is 19.7 Å². The van der Waals surface area contributed by atoms with Crippen LogP contribution in [0.25, 0.3) is 0 Å². The normalized spacial score (nSPS) is 10.7. The van der Waals surface area contributed by atoms with Crippen molar-refractivity contribution in [2.75, 3.05) is 6.61 Å². The fourth-order valence-electron chi connectivity index (χ4n) is 1.86. The van der Waals surface area contributed by atoms with Gasteiger partial charge in [0, 0.05) is 6.54 Å². The summed E-state index contributed by atoms with van der Waals surface area (Å²) in [5.74, 6) is 0.838. The van der Waals surface area contributed by atoms with Crippen LogP contribution in [-0.4, -0.2) is 16.4 Å². The van der Waals surface area contributed by atoms with E-state index in [2.05, 4.69) is 5.10 Å². The third kappa shape index (κ3) is 3.28. The Morgan fingerprint density at radius 1 is 1.26 bits per heavy atom. The van der Waals surface area contributed by atoms with Crippen LogP contribution in [0.3, 0.4) is 0 Å². The number of benzene rings is 1. The Kier molecular flexibility index (Phi) is 4.45. The Morgan fingerprint density at radius 3 is 2.47 bits per heavy atom. The predicted molar refractivity (Wildman–Crippen MR) is 76.5 cm³/mol. The highest BCUT2D eigenvalue weighted by Gasteiger charge is 2.08. The minimum absolute atomic E-state index is 0.546. The van der Waals surface area contributed by atoms with E-state index in [1.165, 1.54) is 0 Å². The smallest absolute Gasteiger partial charge is 0.119 e. The second kappa shape index (κ2) is 6.08. The molecule has 2 N–H and O–H groups in total. The van der Waals surface area contributed by atoms with E-state index in [4.69, 9.17) is 22.1 Å². The van der Waals surface area contributed by atoms with Crippen molar-refractivity contribution < 1.29 is 4.74 Å². The molecule has 0 spiro atoms. The highest BCUT2D eigenvalue weighted by molar-refractivity contribution is 6.31. The molecule has 0 aliphatic rings. The van der Waals surface area contributed by atoms with E-state index in [0.717, 1.165) is 27.7 Å². The summed E-state index contributed by atoms with van der Waals surface area (Å²) < 4.78 is 7.54. The monoisotopic (exact) mass is 279 g/mol. The summed E-state index contributed by atoms with van der Waals surface area (Å²) in [6.07, 6.45) is 0. The average Bonchev–Trinajstić information content (AvgIpc) is 2.67. The second-order valence-corrected chi connectivity index (χ2v) is 4.78. The van der Waals surface area contributed by atoms with E-state index in [-0.39, 0.29) is 0 Å². The fourth-order valence-corrected chi connectivity index (χ4v) is 2.00. The summed E-state index contributed by atoms with van der Waals surface area (Å²) in [5, 5.41) is 5.09. The Balaban J connectivity index is 1.90. The highest BCUT2D eigenvalue weighted by atomic mass is 35.5. The molecule has 0 fully saturated rings. The molecule has 1 aromatic heterocycles. The first kappa shape index (κ1) is 13.9. The Morgan fingerprint density at radius 2 is 1.95 bits per heavy atom. The SMILES string of the molecule is Cc1nn(CCOc2ccc(CN)cc2)c(C)c1Cl. The van der Waals surface area contributed by atoms with Gasteiger partial charge in [0.25, 0.3) is 0 Å². The van der Waals surface area contributed by atoms with Crippen LogP contribution < -0.4 is 10.5 Å². The summed E-state index contributed by atoms with van der Waals surface area (Å²) in [7, 11) is 0. The van der Waals surface area contributed by atoms with E-state index in [9.17, 15) is 0 Å². The lowest BCUT2D eigenvalue weighted by Gasteiger charge is -2.08. The molecule has 1 heterocycles. The van der Waals surface area contributed by atoms with Gasteiger partial charge in [-0.15, -0.1) is 0 Å². The highest BCUT2D eigenvalue weighted by Crippen LogP contribution is 2.19.